The lowest BCUT2D eigenvalue weighted by atomic mass is 9.68. The second kappa shape index (κ2) is 16.4. The number of aryl methyl sites for hydroxylation is 1. The molecule has 1 saturated heterocycles. The molecule has 5 heteroatoms. The number of ether oxygens (including phenoxy) is 2. The van der Waals surface area contributed by atoms with Crippen molar-refractivity contribution in [3.8, 4) is 11.5 Å². The summed E-state index contributed by atoms with van der Waals surface area (Å²) in [6.07, 6.45) is 18.5. The van der Waals surface area contributed by atoms with Crippen LogP contribution in [0.2, 0.25) is 0 Å². The number of fused-ring (bicyclic) bond motifs is 1. The monoisotopic (exact) mass is 650 g/mol. The largest absolute Gasteiger partial charge is 0.493 e. The van der Waals surface area contributed by atoms with Crippen LogP contribution in [-0.2, 0) is 23.1 Å². The quantitative estimate of drug-likeness (QED) is 0.177. The third-order valence-corrected chi connectivity index (χ3v) is 12.1. The highest BCUT2D eigenvalue weighted by atomic mass is 16.5. The Labute approximate surface area is 289 Å². The van der Waals surface area contributed by atoms with Gasteiger partial charge >= 0.3 is 0 Å². The van der Waals surface area contributed by atoms with E-state index in [9.17, 15) is 4.79 Å². The molecule has 0 bridgehead atoms. The van der Waals surface area contributed by atoms with Crippen molar-refractivity contribution in [1.29, 1.82) is 0 Å². The topological polar surface area (TPSA) is 50.8 Å². The highest BCUT2D eigenvalue weighted by molar-refractivity contribution is 5.76. The molecule has 3 aliphatic rings. The minimum Gasteiger partial charge on any atom is -0.493 e. The maximum absolute atomic E-state index is 12.9. The van der Waals surface area contributed by atoms with Gasteiger partial charge in [0.05, 0.1) is 14.2 Å². The number of likely N-dealkylation sites (tertiary alicyclic amines) is 1. The van der Waals surface area contributed by atoms with E-state index in [-0.39, 0.29) is 16.9 Å². The highest BCUT2D eigenvalue weighted by Gasteiger charge is 2.42. The van der Waals surface area contributed by atoms with Crippen molar-refractivity contribution >= 4 is 5.91 Å². The maximum atomic E-state index is 12.9. The van der Waals surface area contributed by atoms with Gasteiger partial charge in [-0.15, -0.1) is 0 Å². The molecule has 1 N–H and O–H groups in total. The van der Waals surface area contributed by atoms with Crippen molar-refractivity contribution in [2.45, 2.75) is 114 Å². The first kappa shape index (κ1) is 34.5. The lowest BCUT2D eigenvalue weighted by molar-refractivity contribution is -0.122. The first-order valence-electron chi connectivity index (χ1n) is 18.9. The van der Waals surface area contributed by atoms with Gasteiger partial charge in [-0.1, -0.05) is 86.3 Å². The van der Waals surface area contributed by atoms with Crippen LogP contribution in [0.3, 0.4) is 0 Å². The SMILES string of the molecule is COc1cc2c(cc1OC)CC1(CCCCN1CCCC(CCCNC(=O)CC1CCCCC1)(c1ccccc1)c1ccccc1)CC2. The molecule has 258 valence electrons. The highest BCUT2D eigenvalue weighted by Crippen LogP contribution is 2.45. The van der Waals surface area contributed by atoms with Crippen LogP contribution in [0.1, 0.15) is 112 Å². The van der Waals surface area contributed by atoms with Crippen LogP contribution < -0.4 is 14.8 Å². The van der Waals surface area contributed by atoms with Gasteiger partial charge < -0.3 is 14.8 Å². The molecule has 1 amide bonds. The second-order valence-corrected chi connectivity index (χ2v) is 14.9. The van der Waals surface area contributed by atoms with Crippen LogP contribution in [0.15, 0.2) is 72.8 Å². The summed E-state index contributed by atoms with van der Waals surface area (Å²) in [6.45, 7) is 3.04. The number of nitrogens with zero attached hydrogens (tertiary/aromatic N) is 1. The fourth-order valence-corrected chi connectivity index (χ4v) is 9.45. The minimum atomic E-state index is -0.0946. The van der Waals surface area contributed by atoms with Gasteiger partial charge in [-0.25, -0.2) is 0 Å². The van der Waals surface area contributed by atoms with E-state index in [0.29, 0.717) is 12.3 Å². The number of carbonyl (C=O) groups excluding carboxylic acids is 1. The summed E-state index contributed by atoms with van der Waals surface area (Å²) in [5, 5.41) is 3.31. The van der Waals surface area contributed by atoms with Crippen molar-refractivity contribution in [3.05, 3.63) is 95.1 Å². The van der Waals surface area contributed by atoms with Crippen molar-refractivity contribution in [2.24, 2.45) is 5.92 Å². The average molecular weight is 651 g/mol. The van der Waals surface area contributed by atoms with E-state index >= 15 is 0 Å². The number of nitrogens with one attached hydrogen (secondary N) is 1. The van der Waals surface area contributed by atoms with E-state index < -0.39 is 0 Å². The van der Waals surface area contributed by atoms with Crippen molar-refractivity contribution in [1.82, 2.24) is 10.2 Å². The summed E-state index contributed by atoms with van der Waals surface area (Å²) in [5.41, 5.74) is 5.76. The van der Waals surface area contributed by atoms with Gasteiger partial charge in [-0.3, -0.25) is 9.69 Å². The van der Waals surface area contributed by atoms with Crippen LogP contribution >= 0.6 is 0 Å². The summed E-state index contributed by atoms with van der Waals surface area (Å²) in [7, 11) is 3.48. The molecule has 3 aromatic rings. The number of carbonyl (C=O) groups is 1. The zero-order valence-electron chi connectivity index (χ0n) is 29.6. The zero-order chi connectivity index (χ0) is 33.2. The van der Waals surface area contributed by atoms with E-state index in [2.05, 4.69) is 83.0 Å². The summed E-state index contributed by atoms with van der Waals surface area (Å²) in [6, 6.07) is 26.8. The molecule has 48 heavy (non-hydrogen) atoms. The number of amides is 1. The minimum absolute atomic E-state index is 0.0946. The molecule has 1 spiro atoms. The van der Waals surface area contributed by atoms with E-state index in [4.69, 9.17) is 9.47 Å². The Morgan fingerprint density at radius 3 is 2.12 bits per heavy atom. The fraction of sp³-hybridized carbons (Fsp3) is 0.558. The zero-order valence-corrected chi connectivity index (χ0v) is 29.6. The summed E-state index contributed by atoms with van der Waals surface area (Å²) in [5.74, 6) is 2.51. The Morgan fingerprint density at radius 2 is 1.46 bits per heavy atom. The van der Waals surface area contributed by atoms with E-state index in [1.807, 2.05) is 0 Å². The Kier molecular flexibility index (Phi) is 11.8. The van der Waals surface area contributed by atoms with Crippen LogP contribution in [0.4, 0.5) is 0 Å². The lowest BCUT2D eigenvalue weighted by Crippen LogP contribution is -2.55. The number of rotatable bonds is 14. The molecule has 2 fully saturated rings. The number of piperidine rings is 1. The molecule has 2 aliphatic carbocycles. The molecule has 6 rings (SSSR count). The summed E-state index contributed by atoms with van der Waals surface area (Å²) in [4.78, 5) is 15.7. The number of methoxy groups -OCH3 is 2. The third kappa shape index (κ3) is 7.94. The van der Waals surface area contributed by atoms with Crippen LogP contribution in [0.25, 0.3) is 0 Å². The van der Waals surface area contributed by atoms with Gasteiger partial charge in [-0.2, -0.15) is 0 Å². The molecule has 0 radical (unpaired) electrons. The molecule has 5 nitrogen and oxygen atoms in total. The van der Waals surface area contributed by atoms with Crippen molar-refractivity contribution < 1.29 is 14.3 Å². The average Bonchev–Trinajstić information content (AvgIpc) is 3.14. The summed E-state index contributed by atoms with van der Waals surface area (Å²) < 4.78 is 11.4. The summed E-state index contributed by atoms with van der Waals surface area (Å²) >= 11 is 0. The number of hydrogen-bond donors (Lipinski definition) is 1. The predicted molar refractivity (Wildman–Crippen MR) is 196 cm³/mol. The lowest BCUT2D eigenvalue weighted by Gasteiger charge is -2.50. The van der Waals surface area contributed by atoms with Gasteiger partial charge in [-0.05, 0) is 124 Å². The predicted octanol–water partition coefficient (Wildman–Crippen LogP) is 9.05. The molecular weight excluding hydrogens is 592 g/mol. The van der Waals surface area contributed by atoms with E-state index in [0.717, 1.165) is 63.1 Å². The van der Waals surface area contributed by atoms with Crippen LogP contribution in [0, 0.1) is 5.92 Å². The Hall–Kier alpha value is -3.31. The van der Waals surface area contributed by atoms with Crippen LogP contribution in [-0.4, -0.2) is 50.2 Å². The van der Waals surface area contributed by atoms with Gasteiger partial charge in [0, 0.05) is 23.9 Å². The molecule has 1 saturated carbocycles. The Bertz CT molecular complexity index is 1410. The Balaban J connectivity index is 1.17. The molecule has 0 aromatic heterocycles. The fourth-order valence-electron chi connectivity index (χ4n) is 9.45. The van der Waals surface area contributed by atoms with Gasteiger partial charge in [0.2, 0.25) is 5.91 Å². The van der Waals surface area contributed by atoms with E-state index in [1.54, 1.807) is 14.2 Å². The molecule has 1 aliphatic heterocycles. The smallest absolute Gasteiger partial charge is 0.220 e. The standard InChI is InChI=1S/C43H58N2O3/c1-47-39-31-35-22-26-42(33-36(35)32-40(39)48-2)23-12-13-28-45(42)29-15-25-43(37-18-8-4-9-19-37,38-20-10-5-11-21-38)24-14-27-44-41(46)30-34-16-6-3-7-17-34/h4-5,8-11,18-21,31-32,34H,3,6-7,12-17,22-30,33H2,1-2H3,(H,44,46). The van der Waals surface area contributed by atoms with Gasteiger partial charge in [0.15, 0.2) is 11.5 Å². The molecule has 1 heterocycles. The van der Waals surface area contributed by atoms with Crippen molar-refractivity contribution in [3.63, 3.8) is 0 Å². The number of hydrogen-bond acceptors (Lipinski definition) is 4. The van der Waals surface area contributed by atoms with Crippen molar-refractivity contribution in [2.75, 3.05) is 33.9 Å². The van der Waals surface area contributed by atoms with Gasteiger partial charge in [0.1, 0.15) is 0 Å². The number of benzene rings is 3. The maximum Gasteiger partial charge on any atom is 0.220 e. The Morgan fingerprint density at radius 1 is 0.812 bits per heavy atom. The first-order valence-corrected chi connectivity index (χ1v) is 18.9. The molecule has 1 atom stereocenters. The second-order valence-electron chi connectivity index (χ2n) is 14.9. The molecular formula is C43H58N2O3. The van der Waals surface area contributed by atoms with E-state index in [1.165, 1.54) is 86.6 Å². The van der Waals surface area contributed by atoms with Crippen LogP contribution in [0.5, 0.6) is 11.5 Å². The van der Waals surface area contributed by atoms with Gasteiger partial charge in [0.25, 0.3) is 0 Å². The first-order chi connectivity index (χ1) is 23.5. The molecule has 3 aromatic carbocycles. The molecule has 1 unspecified atom stereocenters. The third-order valence-electron chi connectivity index (χ3n) is 12.1. The normalized spacial score (nSPS) is 20.3.